The molecule has 4 aliphatic carbocycles. The molecule has 2 aromatic carbocycles. The summed E-state index contributed by atoms with van der Waals surface area (Å²) in [6.45, 7) is 27.8. The molecule has 8 fully saturated rings. The number of aliphatic hydroxyl groups is 1. The fourth-order valence-electron chi connectivity index (χ4n) is 12.1. The van der Waals surface area contributed by atoms with Gasteiger partial charge in [0.15, 0.2) is 0 Å². The number of aliphatic hydroxyl groups excluding tert-OH is 1. The average Bonchev–Trinajstić information content (AvgIpc) is 0.774. The molecule has 0 bridgehead atoms. The van der Waals surface area contributed by atoms with E-state index < -0.39 is 36.7 Å². The van der Waals surface area contributed by atoms with Crippen molar-refractivity contribution in [3.63, 3.8) is 0 Å². The Morgan fingerprint density at radius 3 is 1.14 bits per heavy atom. The summed E-state index contributed by atoms with van der Waals surface area (Å²) in [7, 11) is -7.17. The molecular formula is C64H101BrCl2N8O15S2. The first-order chi connectivity index (χ1) is 43.4. The zero-order valence-corrected chi connectivity index (χ0v) is 60.2. The van der Waals surface area contributed by atoms with Gasteiger partial charge in [0, 0.05) is 110 Å². The van der Waals surface area contributed by atoms with Gasteiger partial charge in [-0.05, 0) is 164 Å². The van der Waals surface area contributed by atoms with Gasteiger partial charge in [0.2, 0.25) is 20.0 Å². The van der Waals surface area contributed by atoms with E-state index in [0.717, 1.165) is 103 Å². The topological polar surface area (TPSA) is 255 Å². The second kappa shape index (κ2) is 33.8. The molecule has 0 atom stereocenters. The van der Waals surface area contributed by atoms with E-state index in [2.05, 4.69) is 35.9 Å². The number of halogens is 3. The molecule has 23 nitrogen and oxygen atoms in total. The molecule has 4 saturated heterocycles. The zero-order chi connectivity index (χ0) is 67.8. The number of amides is 2. The van der Waals surface area contributed by atoms with Gasteiger partial charge in [-0.3, -0.25) is 29.1 Å². The molecule has 0 radical (unpaired) electrons. The van der Waals surface area contributed by atoms with Gasteiger partial charge in [-0.2, -0.15) is 8.61 Å². The molecule has 2 N–H and O–H groups in total. The molecule has 0 unspecified atom stereocenters. The monoisotopic (exact) mass is 1430 g/mol. The lowest BCUT2D eigenvalue weighted by Gasteiger charge is -2.51. The number of alkyl halides is 1. The highest BCUT2D eigenvalue weighted by Gasteiger charge is 2.53. The van der Waals surface area contributed by atoms with Crippen molar-refractivity contribution in [2.75, 3.05) is 131 Å². The second-order valence-electron chi connectivity index (χ2n) is 26.3. The van der Waals surface area contributed by atoms with Crippen molar-refractivity contribution in [2.45, 2.75) is 181 Å². The summed E-state index contributed by atoms with van der Waals surface area (Å²) in [5, 5.41) is 13.3. The number of esters is 3. The van der Waals surface area contributed by atoms with Crippen LogP contribution in [0.2, 0.25) is 10.0 Å². The number of rotatable bonds is 14. The summed E-state index contributed by atoms with van der Waals surface area (Å²) in [4.78, 5) is 69.6. The number of nitrogens with zero attached hydrogens (tertiary/aromatic N) is 7. The molecule has 4 saturated carbocycles. The van der Waals surface area contributed by atoms with Gasteiger partial charge in [0.1, 0.15) is 36.4 Å². The quantitative estimate of drug-likeness (QED) is 0.102. The Morgan fingerprint density at radius 1 is 0.500 bits per heavy atom. The van der Waals surface area contributed by atoms with Crippen LogP contribution in [0, 0.1) is 0 Å². The van der Waals surface area contributed by atoms with Gasteiger partial charge < -0.3 is 43.9 Å². The average molecular weight is 1440 g/mol. The van der Waals surface area contributed by atoms with Gasteiger partial charge in [0.25, 0.3) is 0 Å². The Kier molecular flexibility index (Phi) is 28.3. The van der Waals surface area contributed by atoms with Crippen molar-refractivity contribution in [1.82, 2.24) is 38.4 Å². The predicted molar refractivity (Wildman–Crippen MR) is 356 cm³/mol. The minimum atomic E-state index is -3.62. The van der Waals surface area contributed by atoms with Crippen LogP contribution in [0.3, 0.4) is 0 Å². The number of sulfonamides is 2. The summed E-state index contributed by atoms with van der Waals surface area (Å²) >= 11 is 15.5. The van der Waals surface area contributed by atoms with Crippen LogP contribution in [-0.2, 0) is 58.1 Å². The SMILES string of the molecule is CC(C)(C)OC(=O)N1CCNCC1.CCOC(=O)C1(Br)CCC1.CCOC(=O)C1(N2CCN(C(=O)OC(C)(C)C)CC2)CCC1.CCOC(=O)C1(N2CCN(S(=O)(=O)c3ccccc3Cl)CC2)CCC1.O=S(=O)(c1ccccc1Cl)N1CCN(C2(CO)CCC2)CC1. The van der Waals surface area contributed by atoms with Crippen molar-refractivity contribution in [2.24, 2.45) is 0 Å². The zero-order valence-electron chi connectivity index (χ0n) is 55.5. The first-order valence-corrected chi connectivity index (χ1v) is 37.0. The Balaban J connectivity index is 0.000000189. The van der Waals surface area contributed by atoms with E-state index in [-0.39, 0.29) is 72.0 Å². The Bertz CT molecular complexity index is 2980. The predicted octanol–water partition coefficient (Wildman–Crippen LogP) is 8.41. The lowest BCUT2D eigenvalue weighted by Crippen LogP contribution is -2.65. The molecule has 28 heteroatoms. The van der Waals surface area contributed by atoms with Gasteiger partial charge in [-0.1, -0.05) is 63.4 Å². The fourth-order valence-corrected chi connectivity index (χ4v) is 16.6. The number of nitrogens with one attached hydrogen (secondary N) is 1. The number of piperazine rings is 4. The lowest BCUT2D eigenvalue weighted by atomic mass is 9.75. The molecule has 4 heterocycles. The molecule has 8 aliphatic rings. The van der Waals surface area contributed by atoms with E-state index in [4.69, 9.17) is 46.9 Å². The first kappa shape index (κ1) is 77.1. The maximum atomic E-state index is 12.8. The number of carbonyl (C=O) groups excluding carboxylic acids is 5. The normalized spacial score (nSPS) is 21.6. The van der Waals surface area contributed by atoms with E-state index in [0.29, 0.717) is 98.4 Å². The van der Waals surface area contributed by atoms with Crippen molar-refractivity contribution >= 4 is 89.3 Å². The van der Waals surface area contributed by atoms with Crippen molar-refractivity contribution < 1.29 is 69.6 Å². The Hall–Kier alpha value is -3.93. The molecule has 0 aromatic heterocycles. The van der Waals surface area contributed by atoms with E-state index in [9.17, 15) is 45.9 Å². The van der Waals surface area contributed by atoms with E-state index in [1.54, 1.807) is 59.2 Å². The molecule has 2 amide bonds. The van der Waals surface area contributed by atoms with E-state index in [1.165, 1.54) is 14.7 Å². The van der Waals surface area contributed by atoms with E-state index >= 15 is 0 Å². The second-order valence-corrected chi connectivity index (χ2v) is 32.4. The summed E-state index contributed by atoms with van der Waals surface area (Å²) in [6.07, 6.45) is 11.0. The summed E-state index contributed by atoms with van der Waals surface area (Å²) < 4.78 is 79.6. The lowest BCUT2D eigenvalue weighted by molar-refractivity contribution is -0.167. The molecule has 4 aliphatic heterocycles. The maximum absolute atomic E-state index is 12.8. The third kappa shape index (κ3) is 19.6. The molecule has 2 aromatic rings. The fraction of sp³-hybridized carbons (Fsp3) is 0.734. The van der Waals surface area contributed by atoms with Crippen molar-refractivity contribution in [3.8, 4) is 0 Å². The van der Waals surface area contributed by atoms with Crippen LogP contribution in [0.4, 0.5) is 9.59 Å². The highest BCUT2D eigenvalue weighted by atomic mass is 79.9. The summed E-state index contributed by atoms with van der Waals surface area (Å²) in [6, 6.07) is 13.0. The van der Waals surface area contributed by atoms with Crippen LogP contribution in [0.25, 0.3) is 0 Å². The largest absolute Gasteiger partial charge is 0.465 e. The van der Waals surface area contributed by atoms with Gasteiger partial charge in [-0.15, -0.1) is 0 Å². The third-order valence-corrected chi connectivity index (χ3v) is 23.9. The number of hydrogen-bond donors (Lipinski definition) is 2. The summed E-state index contributed by atoms with van der Waals surface area (Å²) in [5.74, 6) is -0.378. The Labute approximate surface area is 564 Å². The molecule has 10 rings (SSSR count). The van der Waals surface area contributed by atoms with Crippen LogP contribution in [0.5, 0.6) is 0 Å². The van der Waals surface area contributed by atoms with Gasteiger partial charge in [-0.25, -0.2) is 26.4 Å². The molecule has 92 heavy (non-hydrogen) atoms. The number of hydrogen-bond acceptors (Lipinski definition) is 19. The number of ether oxygens (including phenoxy) is 5. The van der Waals surface area contributed by atoms with Gasteiger partial charge in [0.05, 0.1) is 36.5 Å². The molecular weight excluding hydrogens is 1340 g/mol. The maximum Gasteiger partial charge on any atom is 0.410 e. The third-order valence-electron chi connectivity index (χ3n) is 18.0. The standard InChI is InChI=1S/C17H23ClN2O4S.C16H28N2O4.C15H21ClN2O3S.C9H18N2O2.C7H11BrO2/c1-2-24-16(21)17(8-5-9-17)19-10-12-20(13-11-19)25(22,23)15-7-4-3-6-14(15)18;1-5-21-13(19)16(7-6-8-16)18-11-9-17(10-12-18)14(20)22-15(2,3)4;16-13-4-1-2-5-14(13)22(20,21)18-10-8-17(9-11-18)15(12-19)6-3-7-15;1-9(2,3)13-8(12)11-6-4-10-5-7-11;1-2-10-6(9)7(8)4-3-5-7/h3-4,6-7H,2,5,8-13H2,1H3;5-12H2,1-4H3;1-2,4-5,19H,3,6-12H2;10H,4-7H2,1-3H3;2-5H2,1H3. The van der Waals surface area contributed by atoms with E-state index in [1.807, 2.05) is 55.4 Å². The number of carbonyl (C=O) groups is 5. The van der Waals surface area contributed by atoms with Crippen molar-refractivity contribution in [3.05, 3.63) is 58.6 Å². The summed E-state index contributed by atoms with van der Waals surface area (Å²) in [5.41, 5.74) is -1.98. The van der Waals surface area contributed by atoms with Gasteiger partial charge >= 0.3 is 30.1 Å². The van der Waals surface area contributed by atoms with Crippen LogP contribution in [0.15, 0.2) is 58.3 Å². The first-order valence-electron chi connectivity index (χ1n) is 32.6. The van der Waals surface area contributed by atoms with Crippen molar-refractivity contribution in [1.29, 1.82) is 0 Å². The Morgan fingerprint density at radius 2 is 0.837 bits per heavy atom. The van der Waals surface area contributed by atoms with Crippen LogP contribution in [-0.4, -0.2) is 248 Å². The van der Waals surface area contributed by atoms with Crippen LogP contribution >= 0.6 is 39.1 Å². The highest BCUT2D eigenvalue weighted by molar-refractivity contribution is 9.10. The number of benzene rings is 2. The highest BCUT2D eigenvalue weighted by Crippen LogP contribution is 2.43. The van der Waals surface area contributed by atoms with Crippen LogP contribution in [0.1, 0.15) is 139 Å². The minimum absolute atomic E-state index is 0.0961. The van der Waals surface area contributed by atoms with Crippen LogP contribution < -0.4 is 5.32 Å². The molecule has 520 valence electrons. The smallest absolute Gasteiger partial charge is 0.410 e. The molecule has 0 spiro atoms. The minimum Gasteiger partial charge on any atom is -0.465 e.